The van der Waals surface area contributed by atoms with E-state index in [9.17, 15) is 44.3 Å². The van der Waals surface area contributed by atoms with E-state index < -0.39 is 83.9 Å². The predicted molar refractivity (Wildman–Crippen MR) is 128 cm³/mol. The number of carbonyl (C=O) groups is 1. The Morgan fingerprint density at radius 3 is 1.71 bits per heavy atom. The van der Waals surface area contributed by atoms with Crippen molar-refractivity contribution in [3.63, 3.8) is 0 Å². The molecule has 1 unspecified atom stereocenters. The fraction of sp³-hybridized carbons (Fsp3) is 0.500. The molecule has 2 aliphatic heterocycles. The molecular formula is C26H25BF9NO4. The average molecular weight is 597 g/mol. The van der Waals surface area contributed by atoms with Gasteiger partial charge in [0, 0.05) is 6.54 Å². The van der Waals surface area contributed by atoms with E-state index in [0.717, 1.165) is 23.1 Å². The minimum absolute atomic E-state index is 0.0575. The van der Waals surface area contributed by atoms with Crippen molar-refractivity contribution in [1.82, 2.24) is 4.90 Å². The molecule has 4 rings (SSSR count). The quantitative estimate of drug-likeness (QED) is 0.284. The highest BCUT2D eigenvalue weighted by Crippen LogP contribution is 2.43. The number of hydrogen-bond acceptors (Lipinski definition) is 4. The van der Waals surface area contributed by atoms with Gasteiger partial charge in [-0.3, -0.25) is 4.90 Å². The van der Waals surface area contributed by atoms with Crippen LogP contribution >= 0.6 is 0 Å². The fourth-order valence-corrected chi connectivity index (χ4v) is 4.59. The third-order valence-electron chi connectivity index (χ3n) is 7.81. The zero-order valence-electron chi connectivity index (χ0n) is 22.4. The molecule has 2 fully saturated rings. The summed E-state index contributed by atoms with van der Waals surface area (Å²) in [5.74, 6) is 0. The van der Waals surface area contributed by atoms with Gasteiger partial charge in [-0.1, -0.05) is 12.1 Å². The SMILES string of the molecule is CC1(c2cc(C(F)(F)F)cc(C(F)(F)F)c2)COC(=O)N1Cc1cc(C(F)(F)F)ccc1B1OC(C)(C)C(C)(C)O1. The van der Waals surface area contributed by atoms with Crippen molar-refractivity contribution >= 4 is 18.7 Å². The number of nitrogens with zero attached hydrogens (tertiary/aromatic N) is 1. The Balaban J connectivity index is 1.84. The highest BCUT2D eigenvalue weighted by atomic mass is 19.4. The lowest BCUT2D eigenvalue weighted by atomic mass is 9.75. The van der Waals surface area contributed by atoms with Gasteiger partial charge in [0.1, 0.15) is 12.1 Å². The van der Waals surface area contributed by atoms with Crippen molar-refractivity contribution in [2.45, 2.75) is 76.4 Å². The number of halogens is 9. The third kappa shape index (κ3) is 5.75. The molecular weight excluding hydrogens is 572 g/mol. The first-order valence-electron chi connectivity index (χ1n) is 12.3. The molecule has 0 aliphatic carbocycles. The lowest BCUT2D eigenvalue weighted by Crippen LogP contribution is -2.45. The van der Waals surface area contributed by atoms with Crippen LogP contribution in [0.15, 0.2) is 36.4 Å². The molecule has 0 radical (unpaired) electrons. The van der Waals surface area contributed by atoms with Crippen LogP contribution in [0.25, 0.3) is 0 Å². The topological polar surface area (TPSA) is 48.0 Å². The molecule has 0 saturated carbocycles. The minimum atomic E-state index is -5.16. The van der Waals surface area contributed by atoms with Gasteiger partial charge in [-0.25, -0.2) is 4.79 Å². The maximum Gasteiger partial charge on any atom is 0.495 e. The number of ether oxygens (including phenoxy) is 1. The normalized spacial score (nSPS) is 22.8. The first-order valence-corrected chi connectivity index (χ1v) is 12.3. The van der Waals surface area contributed by atoms with Crippen LogP contribution in [0.1, 0.15) is 62.4 Å². The summed E-state index contributed by atoms with van der Waals surface area (Å²) in [5, 5.41) is 0. The van der Waals surface area contributed by atoms with Gasteiger partial charge >= 0.3 is 31.7 Å². The molecule has 2 aromatic carbocycles. The fourth-order valence-electron chi connectivity index (χ4n) is 4.59. The van der Waals surface area contributed by atoms with E-state index in [4.69, 9.17) is 14.0 Å². The molecule has 0 bridgehead atoms. The Morgan fingerprint density at radius 2 is 1.24 bits per heavy atom. The maximum atomic E-state index is 13.7. The van der Waals surface area contributed by atoms with E-state index >= 15 is 0 Å². The molecule has 2 heterocycles. The lowest BCUT2D eigenvalue weighted by Gasteiger charge is -2.34. The second-order valence-corrected chi connectivity index (χ2v) is 11.2. The van der Waals surface area contributed by atoms with E-state index in [1.165, 1.54) is 6.92 Å². The molecule has 5 nitrogen and oxygen atoms in total. The predicted octanol–water partition coefficient (Wildman–Crippen LogP) is 6.91. The Bertz CT molecular complexity index is 1310. The summed E-state index contributed by atoms with van der Waals surface area (Å²) in [4.78, 5) is 13.6. The summed E-state index contributed by atoms with van der Waals surface area (Å²) in [6.07, 6.45) is -16.3. The molecule has 0 spiro atoms. The Kier molecular flexibility index (Phi) is 7.22. The number of amides is 1. The van der Waals surface area contributed by atoms with Crippen molar-refractivity contribution in [3.05, 3.63) is 64.2 Å². The highest BCUT2D eigenvalue weighted by Gasteiger charge is 2.53. The molecule has 0 aromatic heterocycles. The molecule has 2 saturated heterocycles. The van der Waals surface area contributed by atoms with E-state index in [-0.39, 0.29) is 17.1 Å². The molecule has 224 valence electrons. The van der Waals surface area contributed by atoms with E-state index in [2.05, 4.69) is 0 Å². The molecule has 1 atom stereocenters. The van der Waals surface area contributed by atoms with Crippen LogP contribution in [-0.4, -0.2) is 35.9 Å². The summed E-state index contributed by atoms with van der Waals surface area (Å²) in [6, 6.07) is 3.49. The molecule has 2 aromatic rings. The van der Waals surface area contributed by atoms with Crippen molar-refractivity contribution in [3.8, 4) is 0 Å². The Morgan fingerprint density at radius 1 is 0.756 bits per heavy atom. The molecule has 0 N–H and O–H groups in total. The number of carbonyl (C=O) groups excluding carboxylic acids is 1. The lowest BCUT2D eigenvalue weighted by molar-refractivity contribution is -0.143. The van der Waals surface area contributed by atoms with Gasteiger partial charge in [0.2, 0.25) is 0 Å². The third-order valence-corrected chi connectivity index (χ3v) is 7.81. The average Bonchev–Trinajstić information content (AvgIpc) is 3.23. The zero-order chi connectivity index (χ0) is 31.0. The minimum Gasteiger partial charge on any atom is -0.447 e. The van der Waals surface area contributed by atoms with Crippen LogP contribution in [0.4, 0.5) is 44.3 Å². The van der Waals surface area contributed by atoms with Crippen LogP contribution in [0.2, 0.25) is 0 Å². The van der Waals surface area contributed by atoms with Crippen LogP contribution in [0.5, 0.6) is 0 Å². The second-order valence-electron chi connectivity index (χ2n) is 11.2. The highest BCUT2D eigenvalue weighted by molar-refractivity contribution is 6.62. The Labute approximate surface area is 229 Å². The number of alkyl halides is 9. The number of cyclic esters (lactones) is 1. The molecule has 1 amide bonds. The second kappa shape index (κ2) is 9.55. The van der Waals surface area contributed by atoms with Gasteiger partial charge in [0.05, 0.1) is 27.9 Å². The largest absolute Gasteiger partial charge is 0.495 e. The molecule has 15 heteroatoms. The van der Waals surface area contributed by atoms with Gasteiger partial charge in [-0.15, -0.1) is 0 Å². The van der Waals surface area contributed by atoms with E-state index in [0.29, 0.717) is 12.1 Å². The van der Waals surface area contributed by atoms with Crippen molar-refractivity contribution in [1.29, 1.82) is 0 Å². The van der Waals surface area contributed by atoms with Crippen LogP contribution < -0.4 is 5.46 Å². The maximum absolute atomic E-state index is 13.7. The summed E-state index contributed by atoms with van der Waals surface area (Å²) >= 11 is 0. The van der Waals surface area contributed by atoms with E-state index in [1.807, 2.05) is 0 Å². The van der Waals surface area contributed by atoms with Crippen LogP contribution in [0, 0.1) is 0 Å². The summed E-state index contributed by atoms with van der Waals surface area (Å²) in [5.41, 5.74) is -8.64. The zero-order valence-corrected chi connectivity index (χ0v) is 22.4. The monoisotopic (exact) mass is 597 g/mol. The number of rotatable bonds is 4. The standard InChI is InChI=1S/C26H25BF9NO4/c1-21(2)22(3,4)41-27(40-21)19-7-6-15(24(28,29)30)8-14(19)12-37-20(38)39-13-23(37,5)16-9-17(25(31,32)33)11-18(10-16)26(34,35)36/h6-11H,12-13H2,1-5H3. The summed E-state index contributed by atoms with van der Waals surface area (Å²) < 4.78 is 139. The van der Waals surface area contributed by atoms with Crippen LogP contribution in [-0.2, 0) is 44.7 Å². The summed E-state index contributed by atoms with van der Waals surface area (Å²) in [7, 11) is -1.19. The first kappa shape index (κ1) is 31.0. The van der Waals surface area contributed by atoms with Gasteiger partial charge in [0.15, 0.2) is 0 Å². The van der Waals surface area contributed by atoms with Gasteiger partial charge in [-0.05, 0) is 75.5 Å². The number of benzene rings is 2. The smallest absolute Gasteiger partial charge is 0.447 e. The Hall–Kier alpha value is -2.94. The van der Waals surface area contributed by atoms with Gasteiger partial charge < -0.3 is 14.0 Å². The van der Waals surface area contributed by atoms with Gasteiger partial charge in [-0.2, -0.15) is 39.5 Å². The van der Waals surface area contributed by atoms with Crippen molar-refractivity contribution in [2.24, 2.45) is 0 Å². The summed E-state index contributed by atoms with van der Waals surface area (Å²) in [6.45, 7) is 6.67. The van der Waals surface area contributed by atoms with Crippen molar-refractivity contribution < 1.29 is 58.4 Å². The van der Waals surface area contributed by atoms with E-state index in [1.54, 1.807) is 27.7 Å². The number of hydrogen-bond donors (Lipinski definition) is 0. The van der Waals surface area contributed by atoms with Gasteiger partial charge in [0.25, 0.3) is 0 Å². The van der Waals surface area contributed by atoms with Crippen molar-refractivity contribution in [2.75, 3.05) is 6.61 Å². The van der Waals surface area contributed by atoms with Crippen LogP contribution in [0.3, 0.4) is 0 Å². The molecule has 41 heavy (non-hydrogen) atoms. The molecule has 2 aliphatic rings. The first-order chi connectivity index (χ1) is 18.5.